The Morgan fingerprint density at radius 1 is 0.600 bits per heavy atom. The summed E-state index contributed by atoms with van der Waals surface area (Å²) in [7, 11) is 0. The molecule has 0 radical (unpaired) electrons. The summed E-state index contributed by atoms with van der Waals surface area (Å²) in [6.45, 7) is 0. The fraction of sp³-hybridized carbons (Fsp3) is 0.0889. The zero-order valence-corrected chi connectivity index (χ0v) is 27.3. The van der Waals surface area contributed by atoms with Gasteiger partial charge in [0.25, 0.3) is 0 Å². The van der Waals surface area contributed by atoms with Crippen LogP contribution in [-0.2, 0) is 6.42 Å². The van der Waals surface area contributed by atoms with Crippen molar-refractivity contribution in [1.29, 1.82) is 0 Å². The third-order valence-corrected chi connectivity index (χ3v) is 10.1. The molecular weight excluding hydrogens is 613 g/mol. The molecule has 0 N–H and O–H groups in total. The molecule has 2 aliphatic rings. The number of para-hydroxylation sites is 2. The molecule has 3 heterocycles. The number of furan rings is 1. The van der Waals surface area contributed by atoms with Crippen LogP contribution in [0.25, 0.3) is 72.6 Å². The highest BCUT2D eigenvalue weighted by atomic mass is 16.3. The Labute approximate surface area is 289 Å². The van der Waals surface area contributed by atoms with Crippen molar-refractivity contribution < 1.29 is 4.42 Å². The van der Waals surface area contributed by atoms with Crippen LogP contribution in [0.5, 0.6) is 0 Å². The minimum Gasteiger partial charge on any atom is -0.456 e. The van der Waals surface area contributed by atoms with E-state index < -0.39 is 0 Å². The Bertz CT molecular complexity index is 2680. The van der Waals surface area contributed by atoms with Crippen molar-refractivity contribution in [2.75, 3.05) is 0 Å². The first-order chi connectivity index (χ1) is 24.8. The SMILES string of the molecule is C1=CCC(c2nc(C3=Cc4oc5cc(-c6ccc7c(c6)c6ccccc6n7-c6ccccc6)ccc5c4CC3)nc(-c3ccccc3)n2)C=C1. The fourth-order valence-electron chi connectivity index (χ4n) is 7.59. The summed E-state index contributed by atoms with van der Waals surface area (Å²) in [5.41, 5.74) is 10.1. The van der Waals surface area contributed by atoms with E-state index in [2.05, 4.69) is 138 Å². The minimum absolute atomic E-state index is 0.127. The van der Waals surface area contributed by atoms with Crippen LogP contribution in [-0.4, -0.2) is 19.5 Å². The van der Waals surface area contributed by atoms with E-state index in [9.17, 15) is 0 Å². The molecule has 5 heteroatoms. The third kappa shape index (κ3) is 4.81. The number of benzene rings is 5. The number of hydrogen-bond acceptors (Lipinski definition) is 4. The minimum atomic E-state index is 0.127. The molecule has 50 heavy (non-hydrogen) atoms. The second-order valence-electron chi connectivity index (χ2n) is 13.1. The Morgan fingerprint density at radius 2 is 1.36 bits per heavy atom. The number of allylic oxidation sites excluding steroid dienone is 5. The molecule has 8 aromatic rings. The van der Waals surface area contributed by atoms with Gasteiger partial charge in [-0.25, -0.2) is 15.0 Å². The molecule has 2 aliphatic carbocycles. The topological polar surface area (TPSA) is 56.7 Å². The van der Waals surface area contributed by atoms with Gasteiger partial charge in [-0.15, -0.1) is 0 Å². The van der Waals surface area contributed by atoms with Gasteiger partial charge < -0.3 is 8.98 Å². The summed E-state index contributed by atoms with van der Waals surface area (Å²) >= 11 is 0. The zero-order chi connectivity index (χ0) is 33.0. The van der Waals surface area contributed by atoms with Crippen molar-refractivity contribution >= 4 is 44.4 Å². The maximum absolute atomic E-state index is 6.61. The number of hydrogen-bond donors (Lipinski definition) is 0. The maximum atomic E-state index is 6.61. The maximum Gasteiger partial charge on any atom is 0.163 e. The van der Waals surface area contributed by atoms with Crippen molar-refractivity contribution in [1.82, 2.24) is 19.5 Å². The van der Waals surface area contributed by atoms with Crippen molar-refractivity contribution in [3.05, 3.63) is 169 Å². The summed E-state index contributed by atoms with van der Waals surface area (Å²) in [5, 5.41) is 3.65. The first kappa shape index (κ1) is 28.7. The van der Waals surface area contributed by atoms with Gasteiger partial charge in [0, 0.05) is 44.5 Å². The van der Waals surface area contributed by atoms with Crippen molar-refractivity contribution in [3.8, 4) is 28.2 Å². The van der Waals surface area contributed by atoms with E-state index in [1.54, 1.807) is 0 Å². The average Bonchev–Trinajstić information content (AvgIpc) is 3.73. The lowest BCUT2D eigenvalue weighted by Gasteiger charge is -2.16. The predicted molar refractivity (Wildman–Crippen MR) is 203 cm³/mol. The Balaban J connectivity index is 1.04. The summed E-state index contributed by atoms with van der Waals surface area (Å²) < 4.78 is 8.96. The molecule has 5 nitrogen and oxygen atoms in total. The molecule has 5 aromatic carbocycles. The van der Waals surface area contributed by atoms with Gasteiger partial charge in [0.1, 0.15) is 17.2 Å². The van der Waals surface area contributed by atoms with Gasteiger partial charge in [-0.2, -0.15) is 0 Å². The van der Waals surface area contributed by atoms with E-state index in [-0.39, 0.29) is 5.92 Å². The first-order valence-electron chi connectivity index (χ1n) is 17.3. The highest BCUT2D eigenvalue weighted by Gasteiger charge is 2.23. The predicted octanol–water partition coefficient (Wildman–Crippen LogP) is 11.1. The van der Waals surface area contributed by atoms with Gasteiger partial charge >= 0.3 is 0 Å². The van der Waals surface area contributed by atoms with Crippen molar-refractivity contribution in [3.63, 3.8) is 0 Å². The summed E-state index contributed by atoms with van der Waals surface area (Å²) in [6.07, 6.45) is 13.2. The number of aromatic nitrogens is 4. The monoisotopic (exact) mass is 644 g/mol. The molecule has 10 rings (SSSR count). The average molecular weight is 645 g/mol. The van der Waals surface area contributed by atoms with Crippen LogP contribution >= 0.6 is 0 Å². The van der Waals surface area contributed by atoms with E-state index in [0.29, 0.717) is 5.82 Å². The molecule has 0 spiro atoms. The Hall–Kier alpha value is -6.33. The van der Waals surface area contributed by atoms with Crippen molar-refractivity contribution in [2.45, 2.75) is 25.2 Å². The standard InChI is InChI=1S/C45H32N4O/c1-4-12-29(13-5-1)43-46-44(30-14-6-2-7-15-30)48-45(47-43)33-21-24-37-36-23-20-32(27-41(36)50-42(37)28-33)31-22-25-40-38(26-31)35-18-10-11-19-39(35)49(40)34-16-8-3-9-17-34/h1-14,16-20,22-23,25-28,30H,15,21,24H2. The quantitative estimate of drug-likeness (QED) is 0.187. The van der Waals surface area contributed by atoms with E-state index in [1.165, 1.54) is 38.3 Å². The van der Waals surface area contributed by atoms with Crippen LogP contribution in [0.15, 0.2) is 150 Å². The van der Waals surface area contributed by atoms with Crippen LogP contribution in [0, 0.1) is 0 Å². The van der Waals surface area contributed by atoms with Gasteiger partial charge in [-0.05, 0) is 72.9 Å². The summed E-state index contributed by atoms with van der Waals surface area (Å²) in [5.74, 6) is 3.26. The molecule has 0 aliphatic heterocycles. The molecule has 0 fully saturated rings. The number of nitrogens with zero attached hydrogens (tertiary/aromatic N) is 4. The zero-order valence-electron chi connectivity index (χ0n) is 27.3. The highest BCUT2D eigenvalue weighted by Crippen LogP contribution is 2.40. The Morgan fingerprint density at radius 3 is 2.22 bits per heavy atom. The van der Waals surface area contributed by atoms with E-state index in [1.807, 2.05) is 18.2 Å². The number of aryl methyl sites for hydroxylation is 1. The van der Waals surface area contributed by atoms with E-state index in [4.69, 9.17) is 19.4 Å². The van der Waals surface area contributed by atoms with Crippen LogP contribution in [0.4, 0.5) is 0 Å². The molecular formula is C45H32N4O. The third-order valence-electron chi connectivity index (χ3n) is 10.1. The first-order valence-corrected chi connectivity index (χ1v) is 17.3. The van der Waals surface area contributed by atoms with Gasteiger partial charge in [-0.3, -0.25) is 0 Å². The van der Waals surface area contributed by atoms with E-state index in [0.717, 1.165) is 64.6 Å². The summed E-state index contributed by atoms with van der Waals surface area (Å²) in [4.78, 5) is 15.0. The summed E-state index contributed by atoms with van der Waals surface area (Å²) in [6, 6.07) is 42.9. The largest absolute Gasteiger partial charge is 0.456 e. The van der Waals surface area contributed by atoms with Crippen LogP contribution in [0.2, 0.25) is 0 Å². The van der Waals surface area contributed by atoms with Crippen LogP contribution in [0.1, 0.15) is 41.7 Å². The van der Waals surface area contributed by atoms with Gasteiger partial charge in [-0.1, -0.05) is 109 Å². The van der Waals surface area contributed by atoms with Gasteiger partial charge in [0.2, 0.25) is 0 Å². The van der Waals surface area contributed by atoms with Gasteiger partial charge in [0.15, 0.2) is 11.6 Å². The second-order valence-corrected chi connectivity index (χ2v) is 13.1. The normalized spacial score (nSPS) is 15.5. The van der Waals surface area contributed by atoms with Crippen LogP contribution < -0.4 is 0 Å². The lowest BCUT2D eigenvalue weighted by atomic mass is 9.94. The molecule has 1 atom stereocenters. The number of rotatable bonds is 5. The lowest BCUT2D eigenvalue weighted by molar-refractivity contribution is 0.596. The van der Waals surface area contributed by atoms with Crippen LogP contribution in [0.3, 0.4) is 0 Å². The van der Waals surface area contributed by atoms with Gasteiger partial charge in [0.05, 0.1) is 11.0 Å². The number of fused-ring (bicyclic) bond motifs is 6. The molecule has 0 saturated carbocycles. The molecule has 3 aromatic heterocycles. The smallest absolute Gasteiger partial charge is 0.163 e. The molecule has 0 bridgehead atoms. The fourth-order valence-corrected chi connectivity index (χ4v) is 7.59. The highest BCUT2D eigenvalue weighted by molar-refractivity contribution is 6.10. The Kier molecular flexibility index (Phi) is 6.69. The van der Waals surface area contributed by atoms with Crippen molar-refractivity contribution in [2.24, 2.45) is 0 Å². The van der Waals surface area contributed by atoms with E-state index >= 15 is 0 Å². The second kappa shape index (κ2) is 11.7. The lowest BCUT2D eigenvalue weighted by Crippen LogP contribution is -2.10. The molecule has 238 valence electrons. The molecule has 0 amide bonds. The molecule has 0 saturated heterocycles. The molecule has 1 unspecified atom stereocenters.